The van der Waals surface area contributed by atoms with Gasteiger partial charge < -0.3 is 15.0 Å². The Morgan fingerprint density at radius 2 is 1.88 bits per heavy atom. The zero-order valence-electron chi connectivity index (χ0n) is 10.9. The minimum absolute atomic E-state index is 0.435. The maximum atomic E-state index is 5.39. The van der Waals surface area contributed by atoms with Crippen molar-refractivity contribution in [1.82, 2.24) is 10.2 Å². The molecule has 2 rings (SSSR count). The van der Waals surface area contributed by atoms with Crippen molar-refractivity contribution in [3.05, 3.63) is 0 Å². The zero-order chi connectivity index (χ0) is 11.5. The number of nitrogens with zero attached hydrogens (tertiary/aromatic N) is 1. The van der Waals surface area contributed by atoms with E-state index in [2.05, 4.69) is 24.1 Å². The molecule has 0 radical (unpaired) electrons. The first-order chi connectivity index (χ1) is 7.67. The van der Waals surface area contributed by atoms with Crippen LogP contribution < -0.4 is 5.32 Å². The average molecular weight is 226 g/mol. The van der Waals surface area contributed by atoms with Gasteiger partial charge in [0.15, 0.2) is 0 Å². The monoisotopic (exact) mass is 226 g/mol. The van der Waals surface area contributed by atoms with E-state index >= 15 is 0 Å². The molecule has 3 heteroatoms. The highest BCUT2D eigenvalue weighted by Crippen LogP contribution is 2.22. The molecule has 0 aliphatic carbocycles. The van der Waals surface area contributed by atoms with Crippen LogP contribution in [0.3, 0.4) is 0 Å². The molecule has 1 N–H and O–H groups in total. The van der Waals surface area contributed by atoms with Crippen LogP contribution in [0.4, 0.5) is 0 Å². The first kappa shape index (κ1) is 12.3. The summed E-state index contributed by atoms with van der Waals surface area (Å²) in [5, 5.41) is 3.57. The van der Waals surface area contributed by atoms with Gasteiger partial charge in [-0.15, -0.1) is 0 Å². The summed E-state index contributed by atoms with van der Waals surface area (Å²) in [5.41, 5.74) is 0. The Balaban J connectivity index is 1.77. The van der Waals surface area contributed by atoms with Crippen molar-refractivity contribution >= 4 is 0 Å². The molecule has 2 saturated heterocycles. The van der Waals surface area contributed by atoms with E-state index in [1.165, 1.54) is 32.5 Å². The molecular weight excluding hydrogens is 200 g/mol. The van der Waals surface area contributed by atoms with Crippen LogP contribution in [-0.2, 0) is 4.74 Å². The van der Waals surface area contributed by atoms with Crippen LogP contribution in [0.15, 0.2) is 0 Å². The lowest BCUT2D eigenvalue weighted by molar-refractivity contribution is 0.108. The van der Waals surface area contributed by atoms with E-state index in [4.69, 9.17) is 4.74 Å². The van der Waals surface area contributed by atoms with Crippen molar-refractivity contribution in [3.63, 3.8) is 0 Å². The van der Waals surface area contributed by atoms with Crippen molar-refractivity contribution in [1.29, 1.82) is 0 Å². The number of nitrogens with one attached hydrogen (secondary N) is 1. The minimum Gasteiger partial charge on any atom is -0.380 e. The van der Waals surface area contributed by atoms with E-state index < -0.39 is 0 Å². The SMILES string of the molecule is COC1CNC(CN2CC(C)CC(C)C2)C1. The lowest BCUT2D eigenvalue weighted by atomic mass is 9.91. The number of rotatable bonds is 3. The number of ether oxygens (including phenoxy) is 1. The van der Waals surface area contributed by atoms with Crippen LogP contribution in [0.25, 0.3) is 0 Å². The summed E-state index contributed by atoms with van der Waals surface area (Å²) in [5.74, 6) is 1.73. The molecule has 0 aromatic heterocycles. The van der Waals surface area contributed by atoms with Gasteiger partial charge in [-0.3, -0.25) is 0 Å². The second kappa shape index (κ2) is 5.48. The molecular formula is C13H26N2O. The summed E-state index contributed by atoms with van der Waals surface area (Å²) in [6.07, 6.45) is 3.01. The molecule has 2 aliphatic heterocycles. The molecule has 2 heterocycles. The summed E-state index contributed by atoms with van der Waals surface area (Å²) in [7, 11) is 1.82. The fourth-order valence-electron chi connectivity index (χ4n) is 3.35. The maximum Gasteiger partial charge on any atom is 0.0711 e. The molecule has 0 amide bonds. The topological polar surface area (TPSA) is 24.5 Å². The van der Waals surface area contributed by atoms with Gasteiger partial charge in [-0.2, -0.15) is 0 Å². The quantitative estimate of drug-likeness (QED) is 0.786. The van der Waals surface area contributed by atoms with Gasteiger partial charge in [0.1, 0.15) is 0 Å². The molecule has 0 saturated carbocycles. The maximum absolute atomic E-state index is 5.39. The Bertz CT molecular complexity index is 212. The zero-order valence-corrected chi connectivity index (χ0v) is 10.9. The molecule has 2 fully saturated rings. The highest BCUT2D eigenvalue weighted by atomic mass is 16.5. The Morgan fingerprint density at radius 1 is 1.19 bits per heavy atom. The van der Waals surface area contributed by atoms with Crippen molar-refractivity contribution < 1.29 is 4.74 Å². The van der Waals surface area contributed by atoms with Crippen molar-refractivity contribution in [2.45, 2.75) is 38.8 Å². The second-order valence-electron chi connectivity index (χ2n) is 5.86. The molecule has 94 valence electrons. The van der Waals surface area contributed by atoms with E-state index in [-0.39, 0.29) is 0 Å². The number of piperidine rings is 1. The number of methoxy groups -OCH3 is 1. The summed E-state index contributed by atoms with van der Waals surface area (Å²) >= 11 is 0. The smallest absolute Gasteiger partial charge is 0.0711 e. The molecule has 2 aliphatic rings. The average Bonchev–Trinajstić information content (AvgIpc) is 2.64. The Kier molecular flexibility index (Phi) is 4.22. The molecule has 16 heavy (non-hydrogen) atoms. The Hall–Kier alpha value is -0.120. The summed E-state index contributed by atoms with van der Waals surface area (Å²) in [6.45, 7) is 9.54. The third kappa shape index (κ3) is 3.19. The highest BCUT2D eigenvalue weighted by molar-refractivity contribution is 4.86. The predicted molar refractivity (Wildman–Crippen MR) is 66.6 cm³/mol. The van der Waals surface area contributed by atoms with Crippen LogP contribution in [0.5, 0.6) is 0 Å². The molecule has 0 aromatic carbocycles. The molecule has 4 atom stereocenters. The number of hydrogen-bond donors (Lipinski definition) is 1. The Morgan fingerprint density at radius 3 is 2.44 bits per heavy atom. The molecule has 0 spiro atoms. The van der Waals surface area contributed by atoms with Gasteiger partial charge in [0.05, 0.1) is 6.10 Å². The lowest BCUT2D eigenvalue weighted by Crippen LogP contribution is -2.44. The van der Waals surface area contributed by atoms with E-state index in [0.29, 0.717) is 12.1 Å². The normalized spacial score (nSPS) is 41.4. The van der Waals surface area contributed by atoms with Gasteiger partial charge in [0, 0.05) is 39.3 Å². The summed E-state index contributed by atoms with van der Waals surface area (Å²) in [6, 6.07) is 0.641. The summed E-state index contributed by atoms with van der Waals surface area (Å²) in [4.78, 5) is 2.63. The third-order valence-corrected chi connectivity index (χ3v) is 3.94. The van der Waals surface area contributed by atoms with E-state index in [0.717, 1.165) is 18.4 Å². The third-order valence-electron chi connectivity index (χ3n) is 3.94. The summed E-state index contributed by atoms with van der Waals surface area (Å²) < 4.78 is 5.39. The predicted octanol–water partition coefficient (Wildman–Crippen LogP) is 1.34. The number of likely N-dealkylation sites (tertiary alicyclic amines) is 1. The fourth-order valence-corrected chi connectivity index (χ4v) is 3.35. The molecule has 0 aromatic rings. The van der Waals surface area contributed by atoms with Gasteiger partial charge in [-0.25, -0.2) is 0 Å². The van der Waals surface area contributed by atoms with Gasteiger partial charge in [-0.1, -0.05) is 13.8 Å². The van der Waals surface area contributed by atoms with Crippen LogP contribution >= 0.6 is 0 Å². The van der Waals surface area contributed by atoms with Crippen LogP contribution in [0.1, 0.15) is 26.7 Å². The van der Waals surface area contributed by atoms with Crippen molar-refractivity contribution in [2.24, 2.45) is 11.8 Å². The van der Waals surface area contributed by atoms with E-state index in [1.54, 1.807) is 0 Å². The second-order valence-corrected chi connectivity index (χ2v) is 5.86. The first-order valence-corrected chi connectivity index (χ1v) is 6.66. The first-order valence-electron chi connectivity index (χ1n) is 6.66. The largest absolute Gasteiger partial charge is 0.380 e. The highest BCUT2D eigenvalue weighted by Gasteiger charge is 2.28. The molecule has 4 unspecified atom stereocenters. The minimum atomic E-state index is 0.435. The Labute approximate surface area is 99.5 Å². The van der Waals surface area contributed by atoms with Gasteiger partial charge in [-0.05, 0) is 24.7 Å². The van der Waals surface area contributed by atoms with Crippen LogP contribution in [-0.4, -0.2) is 50.3 Å². The fraction of sp³-hybridized carbons (Fsp3) is 1.00. The van der Waals surface area contributed by atoms with E-state index in [9.17, 15) is 0 Å². The van der Waals surface area contributed by atoms with Crippen molar-refractivity contribution in [2.75, 3.05) is 33.3 Å². The van der Waals surface area contributed by atoms with Crippen LogP contribution in [0.2, 0.25) is 0 Å². The number of hydrogen-bond acceptors (Lipinski definition) is 3. The molecule has 0 bridgehead atoms. The molecule has 3 nitrogen and oxygen atoms in total. The van der Waals surface area contributed by atoms with Gasteiger partial charge in [0.2, 0.25) is 0 Å². The van der Waals surface area contributed by atoms with Crippen molar-refractivity contribution in [3.8, 4) is 0 Å². The lowest BCUT2D eigenvalue weighted by Gasteiger charge is -2.36. The van der Waals surface area contributed by atoms with Gasteiger partial charge in [0.25, 0.3) is 0 Å². The standard InChI is InChI=1S/C13H26N2O/c1-10-4-11(2)8-15(7-10)9-12-5-13(16-3)6-14-12/h10-14H,4-9H2,1-3H3. The van der Waals surface area contributed by atoms with Crippen LogP contribution in [0, 0.1) is 11.8 Å². The van der Waals surface area contributed by atoms with Gasteiger partial charge >= 0.3 is 0 Å². The van der Waals surface area contributed by atoms with E-state index in [1.807, 2.05) is 7.11 Å².